The number of benzene rings is 2. The van der Waals surface area contributed by atoms with Crippen LogP contribution < -0.4 is 5.32 Å². The van der Waals surface area contributed by atoms with Gasteiger partial charge in [-0.1, -0.05) is 41.9 Å². The Hall–Kier alpha value is -1.84. The van der Waals surface area contributed by atoms with Crippen LogP contribution in [0.2, 0.25) is 5.02 Å². The van der Waals surface area contributed by atoms with E-state index in [0.29, 0.717) is 5.02 Å². The monoisotopic (exact) mass is 328 g/mol. The van der Waals surface area contributed by atoms with Crippen molar-refractivity contribution in [2.45, 2.75) is 25.8 Å². The van der Waals surface area contributed by atoms with Gasteiger partial charge in [-0.2, -0.15) is 0 Å². The number of para-hydroxylation sites is 1. The summed E-state index contributed by atoms with van der Waals surface area (Å²) in [5.74, 6) is 0.0172. The minimum absolute atomic E-state index is 0.0172. The van der Waals surface area contributed by atoms with Crippen LogP contribution in [0.15, 0.2) is 48.5 Å². The third kappa shape index (κ3) is 3.74. The molecule has 1 heterocycles. The van der Waals surface area contributed by atoms with E-state index in [1.165, 1.54) is 0 Å². The molecule has 0 spiro atoms. The summed E-state index contributed by atoms with van der Waals surface area (Å²) in [6, 6.07) is 15.2. The molecule has 3 rings (SSSR count). The summed E-state index contributed by atoms with van der Waals surface area (Å²) in [6.45, 7) is 3.91. The summed E-state index contributed by atoms with van der Waals surface area (Å²) < 4.78 is 0. The lowest BCUT2D eigenvalue weighted by atomic mass is 10.0. The maximum absolute atomic E-state index is 13.0. The SMILES string of the molecule is Cc1ccccc1NC(=O)C(c1ccc(Cl)cc1)N1CCCC1. The predicted molar refractivity (Wildman–Crippen MR) is 94.8 cm³/mol. The van der Waals surface area contributed by atoms with Crippen LogP contribution in [0.25, 0.3) is 0 Å². The number of nitrogens with one attached hydrogen (secondary N) is 1. The van der Waals surface area contributed by atoms with Crippen molar-refractivity contribution in [3.8, 4) is 0 Å². The normalized spacial score (nSPS) is 16.3. The zero-order chi connectivity index (χ0) is 16.2. The highest BCUT2D eigenvalue weighted by atomic mass is 35.5. The fourth-order valence-corrected chi connectivity index (χ4v) is 3.21. The third-order valence-corrected chi connectivity index (χ3v) is 4.59. The number of amides is 1. The van der Waals surface area contributed by atoms with E-state index < -0.39 is 0 Å². The molecule has 2 aromatic rings. The number of rotatable bonds is 4. The molecular formula is C19H21ClN2O. The maximum Gasteiger partial charge on any atom is 0.246 e. The number of likely N-dealkylation sites (tertiary alicyclic amines) is 1. The Bertz CT molecular complexity index is 678. The van der Waals surface area contributed by atoms with Gasteiger partial charge in [-0.15, -0.1) is 0 Å². The van der Waals surface area contributed by atoms with E-state index in [1.54, 1.807) is 0 Å². The van der Waals surface area contributed by atoms with Gasteiger partial charge in [0.15, 0.2) is 0 Å². The molecule has 0 radical (unpaired) electrons. The number of nitrogens with zero attached hydrogens (tertiary/aromatic N) is 1. The third-order valence-electron chi connectivity index (χ3n) is 4.34. The lowest BCUT2D eigenvalue weighted by Crippen LogP contribution is -2.35. The number of aryl methyl sites for hydroxylation is 1. The molecule has 4 heteroatoms. The van der Waals surface area contributed by atoms with Crippen LogP contribution in [0.5, 0.6) is 0 Å². The molecule has 1 unspecified atom stereocenters. The molecule has 1 aliphatic heterocycles. The second-order valence-electron chi connectivity index (χ2n) is 6.00. The first-order valence-electron chi connectivity index (χ1n) is 8.01. The van der Waals surface area contributed by atoms with Gasteiger partial charge in [-0.05, 0) is 62.2 Å². The maximum atomic E-state index is 13.0. The van der Waals surface area contributed by atoms with E-state index in [9.17, 15) is 4.79 Å². The second kappa shape index (κ2) is 7.16. The Morgan fingerprint density at radius 3 is 2.39 bits per heavy atom. The van der Waals surface area contributed by atoms with Crippen LogP contribution in [-0.2, 0) is 4.79 Å². The number of carbonyl (C=O) groups excluding carboxylic acids is 1. The van der Waals surface area contributed by atoms with Crippen molar-refractivity contribution in [2.75, 3.05) is 18.4 Å². The molecule has 0 aromatic heterocycles. The average molecular weight is 329 g/mol. The molecule has 3 nitrogen and oxygen atoms in total. The Morgan fingerprint density at radius 1 is 1.09 bits per heavy atom. The quantitative estimate of drug-likeness (QED) is 0.900. The predicted octanol–water partition coefficient (Wildman–Crippen LogP) is 4.42. The van der Waals surface area contributed by atoms with Crippen molar-refractivity contribution in [3.63, 3.8) is 0 Å². The highest BCUT2D eigenvalue weighted by Gasteiger charge is 2.29. The van der Waals surface area contributed by atoms with Crippen LogP contribution in [-0.4, -0.2) is 23.9 Å². The smallest absolute Gasteiger partial charge is 0.246 e. The lowest BCUT2D eigenvalue weighted by Gasteiger charge is -2.27. The first-order chi connectivity index (χ1) is 11.1. The zero-order valence-electron chi connectivity index (χ0n) is 13.3. The highest BCUT2D eigenvalue weighted by Crippen LogP contribution is 2.28. The van der Waals surface area contributed by atoms with E-state index in [1.807, 2.05) is 55.5 Å². The van der Waals surface area contributed by atoms with Crippen molar-refractivity contribution < 1.29 is 4.79 Å². The van der Waals surface area contributed by atoms with Crippen LogP contribution in [0.1, 0.15) is 30.0 Å². The number of carbonyl (C=O) groups is 1. The van der Waals surface area contributed by atoms with Crippen LogP contribution in [0, 0.1) is 6.92 Å². The first-order valence-corrected chi connectivity index (χ1v) is 8.39. The summed E-state index contributed by atoms with van der Waals surface area (Å²) in [5.41, 5.74) is 2.93. The van der Waals surface area contributed by atoms with E-state index in [-0.39, 0.29) is 11.9 Å². The van der Waals surface area contributed by atoms with Gasteiger partial charge in [0.2, 0.25) is 5.91 Å². The van der Waals surface area contributed by atoms with E-state index >= 15 is 0 Å². The molecule has 0 bridgehead atoms. The molecule has 0 saturated carbocycles. The molecule has 1 N–H and O–H groups in total. The second-order valence-corrected chi connectivity index (χ2v) is 6.44. The molecule has 23 heavy (non-hydrogen) atoms. The van der Waals surface area contributed by atoms with Gasteiger partial charge in [-0.3, -0.25) is 9.69 Å². The average Bonchev–Trinajstić information content (AvgIpc) is 3.06. The minimum atomic E-state index is -0.269. The molecule has 1 saturated heterocycles. The van der Waals surface area contributed by atoms with Crippen molar-refractivity contribution in [1.29, 1.82) is 0 Å². The number of hydrogen-bond donors (Lipinski definition) is 1. The largest absolute Gasteiger partial charge is 0.324 e. The zero-order valence-corrected chi connectivity index (χ0v) is 14.0. The van der Waals surface area contributed by atoms with Crippen molar-refractivity contribution >= 4 is 23.2 Å². The molecule has 120 valence electrons. The van der Waals surface area contributed by atoms with Gasteiger partial charge < -0.3 is 5.32 Å². The van der Waals surface area contributed by atoms with Gasteiger partial charge in [0.25, 0.3) is 0 Å². The van der Waals surface area contributed by atoms with Crippen molar-refractivity contribution in [3.05, 3.63) is 64.7 Å². The standard InChI is InChI=1S/C19H21ClN2O/c1-14-6-2-3-7-17(14)21-19(23)18(22-12-4-5-13-22)15-8-10-16(20)11-9-15/h2-3,6-11,18H,4-5,12-13H2,1H3,(H,21,23). The molecular weight excluding hydrogens is 308 g/mol. The molecule has 1 fully saturated rings. The Labute approximate surface area is 142 Å². The first kappa shape index (κ1) is 16.0. The van der Waals surface area contributed by atoms with E-state index in [0.717, 1.165) is 42.7 Å². The summed E-state index contributed by atoms with van der Waals surface area (Å²) >= 11 is 5.99. The fourth-order valence-electron chi connectivity index (χ4n) is 3.09. The van der Waals surface area contributed by atoms with Gasteiger partial charge in [0.05, 0.1) is 0 Å². The van der Waals surface area contributed by atoms with Gasteiger partial charge in [0.1, 0.15) is 6.04 Å². The van der Waals surface area contributed by atoms with Crippen LogP contribution >= 0.6 is 11.6 Å². The fraction of sp³-hybridized carbons (Fsp3) is 0.316. The van der Waals surface area contributed by atoms with Gasteiger partial charge in [0, 0.05) is 10.7 Å². The van der Waals surface area contributed by atoms with Crippen LogP contribution in [0.3, 0.4) is 0 Å². The number of hydrogen-bond acceptors (Lipinski definition) is 2. The summed E-state index contributed by atoms with van der Waals surface area (Å²) in [5, 5.41) is 3.77. The Balaban J connectivity index is 1.87. The van der Waals surface area contributed by atoms with Crippen molar-refractivity contribution in [2.24, 2.45) is 0 Å². The summed E-state index contributed by atoms with van der Waals surface area (Å²) in [6.07, 6.45) is 2.28. The molecule has 1 aliphatic rings. The molecule has 0 aliphatic carbocycles. The van der Waals surface area contributed by atoms with Gasteiger partial charge >= 0.3 is 0 Å². The molecule has 1 amide bonds. The van der Waals surface area contributed by atoms with E-state index in [4.69, 9.17) is 11.6 Å². The van der Waals surface area contributed by atoms with Crippen molar-refractivity contribution in [1.82, 2.24) is 4.90 Å². The Morgan fingerprint density at radius 2 is 1.74 bits per heavy atom. The van der Waals surface area contributed by atoms with Gasteiger partial charge in [-0.25, -0.2) is 0 Å². The van der Waals surface area contributed by atoms with Crippen LogP contribution in [0.4, 0.5) is 5.69 Å². The number of halogens is 1. The Kier molecular flexibility index (Phi) is 4.99. The lowest BCUT2D eigenvalue weighted by molar-refractivity contribution is -0.121. The summed E-state index contributed by atoms with van der Waals surface area (Å²) in [4.78, 5) is 15.2. The molecule has 1 atom stereocenters. The van der Waals surface area contributed by atoms with E-state index in [2.05, 4.69) is 10.2 Å². The topological polar surface area (TPSA) is 32.3 Å². The molecule has 2 aromatic carbocycles. The summed E-state index contributed by atoms with van der Waals surface area (Å²) in [7, 11) is 0. The highest BCUT2D eigenvalue weighted by molar-refractivity contribution is 6.30. The number of anilines is 1. The minimum Gasteiger partial charge on any atom is -0.324 e.